The molecule has 1 radical (unpaired) electrons. The average Bonchev–Trinajstić information content (AvgIpc) is 1.68. The van der Waals surface area contributed by atoms with Crippen molar-refractivity contribution in [2.45, 2.75) is 13.3 Å². The van der Waals surface area contributed by atoms with Crippen LogP contribution < -0.4 is 0 Å². The molecule has 8 heavy (non-hydrogen) atoms. The predicted molar refractivity (Wildman–Crippen MR) is 26.6 cm³/mol. The third-order valence-corrected chi connectivity index (χ3v) is 0.598. The van der Waals surface area contributed by atoms with Crippen molar-refractivity contribution >= 4 is 5.97 Å². The topological polar surface area (TPSA) is 26.3 Å². The second kappa shape index (κ2) is 7.57. The minimum Gasteiger partial charge on any atom is -0.471 e. The maximum atomic E-state index is 10.2. The summed E-state index contributed by atoms with van der Waals surface area (Å²) in [5.41, 5.74) is 0. The molecule has 0 aromatic rings. The van der Waals surface area contributed by atoms with Crippen LogP contribution in [-0.2, 0) is 42.2 Å². The molecule has 0 fully saturated rings. The zero-order valence-corrected chi connectivity index (χ0v) is 8.02. The van der Waals surface area contributed by atoms with E-state index in [0.717, 1.165) is 0 Å². The van der Waals surface area contributed by atoms with E-state index in [0.29, 0.717) is 6.42 Å². The van der Waals surface area contributed by atoms with Gasteiger partial charge in [-0.15, -0.1) is 0 Å². The fourth-order valence-electron chi connectivity index (χ4n) is 0.250. The van der Waals surface area contributed by atoms with Crippen molar-refractivity contribution in [1.82, 2.24) is 0 Å². The number of hydrogen-bond acceptors (Lipinski definition) is 2. The molecule has 0 aliphatic rings. The van der Waals surface area contributed by atoms with Crippen molar-refractivity contribution in [1.29, 1.82) is 0 Å². The van der Waals surface area contributed by atoms with Gasteiger partial charge in [-0.3, -0.25) is 4.79 Å². The van der Waals surface area contributed by atoms with Crippen LogP contribution in [0.15, 0.2) is 0 Å². The first-order chi connectivity index (χ1) is 3.31. The molecule has 0 atom stereocenters. The number of carbonyl (C=O) groups is 1. The molecule has 0 spiro atoms. The maximum Gasteiger partial charge on any atom is 0.275 e. The van der Waals surface area contributed by atoms with Crippen LogP contribution in [0.4, 0.5) is 0 Å². The molecule has 0 bridgehead atoms. The van der Waals surface area contributed by atoms with Gasteiger partial charge in [-0.1, -0.05) is 6.42 Å². The number of methoxy groups -OCH3 is 1. The molecule has 0 rings (SSSR count). The molecule has 45 valence electrons. The van der Waals surface area contributed by atoms with Gasteiger partial charge in [0.15, 0.2) is 0 Å². The van der Waals surface area contributed by atoms with Crippen molar-refractivity contribution in [3.63, 3.8) is 0 Å². The number of ether oxygens (including phenoxy) is 1. The molecule has 0 amide bonds. The Bertz CT molecular complexity index is 63.4. The van der Waals surface area contributed by atoms with Crippen molar-refractivity contribution in [2.24, 2.45) is 0 Å². The van der Waals surface area contributed by atoms with Crippen LogP contribution in [0, 0.1) is 6.42 Å². The Kier molecular flexibility index (Phi) is 10.8. The van der Waals surface area contributed by atoms with Crippen LogP contribution in [0.5, 0.6) is 0 Å². The molecular formula is C5H9O2Y-. The van der Waals surface area contributed by atoms with E-state index in [1.54, 1.807) is 6.42 Å². The van der Waals surface area contributed by atoms with Gasteiger partial charge < -0.3 is 11.2 Å². The number of esters is 1. The summed E-state index contributed by atoms with van der Waals surface area (Å²) in [4.78, 5) is 10.2. The Morgan fingerprint density at radius 2 is 2.25 bits per heavy atom. The van der Waals surface area contributed by atoms with E-state index in [4.69, 9.17) is 0 Å². The molecule has 0 saturated heterocycles. The normalized spacial score (nSPS) is 7.25. The standard InChI is InChI=1S/C5H9O2.Y/c1-3-4-5(6)7-2;/h3H,4H2,1-2H3;/q-1;. The summed E-state index contributed by atoms with van der Waals surface area (Å²) in [6, 6.07) is 0. The van der Waals surface area contributed by atoms with E-state index in [1.165, 1.54) is 7.11 Å². The van der Waals surface area contributed by atoms with Gasteiger partial charge in [0.1, 0.15) is 0 Å². The van der Waals surface area contributed by atoms with E-state index in [1.807, 2.05) is 6.92 Å². The summed E-state index contributed by atoms with van der Waals surface area (Å²) in [5.74, 6) is -0.178. The maximum absolute atomic E-state index is 10.2. The Morgan fingerprint density at radius 3 is 2.38 bits per heavy atom. The van der Waals surface area contributed by atoms with Crippen LogP contribution in [0.1, 0.15) is 13.3 Å². The predicted octanol–water partition coefficient (Wildman–Crippen LogP) is 0.771. The van der Waals surface area contributed by atoms with Gasteiger partial charge in [0.05, 0.1) is 7.11 Å². The monoisotopic (exact) mass is 190 g/mol. The van der Waals surface area contributed by atoms with Crippen LogP contribution in [0.2, 0.25) is 0 Å². The van der Waals surface area contributed by atoms with Gasteiger partial charge in [-0.25, -0.2) is 0 Å². The third-order valence-electron chi connectivity index (χ3n) is 0.598. The molecule has 0 saturated carbocycles. The van der Waals surface area contributed by atoms with E-state index in [2.05, 4.69) is 4.74 Å². The Labute approximate surface area is 74.9 Å². The van der Waals surface area contributed by atoms with Gasteiger partial charge >= 0.3 is 0 Å². The van der Waals surface area contributed by atoms with Gasteiger partial charge in [0, 0.05) is 32.7 Å². The second-order valence-electron chi connectivity index (χ2n) is 1.19. The largest absolute Gasteiger partial charge is 0.471 e. The van der Waals surface area contributed by atoms with E-state index < -0.39 is 0 Å². The minimum absolute atomic E-state index is 0. The first-order valence-electron chi connectivity index (χ1n) is 2.16. The molecule has 0 aromatic heterocycles. The molecule has 0 aliphatic carbocycles. The zero-order chi connectivity index (χ0) is 5.70. The summed E-state index contributed by atoms with van der Waals surface area (Å²) < 4.78 is 4.32. The van der Waals surface area contributed by atoms with E-state index in [9.17, 15) is 4.79 Å². The van der Waals surface area contributed by atoms with Gasteiger partial charge in [0.25, 0.3) is 5.97 Å². The molecule has 0 heterocycles. The minimum atomic E-state index is -0.178. The summed E-state index contributed by atoms with van der Waals surface area (Å²) in [7, 11) is 1.38. The van der Waals surface area contributed by atoms with Crippen molar-refractivity contribution in [3.05, 3.63) is 6.42 Å². The summed E-state index contributed by atoms with van der Waals surface area (Å²) in [6.45, 7) is 1.82. The van der Waals surface area contributed by atoms with Crippen LogP contribution in [-0.4, -0.2) is 13.1 Å². The van der Waals surface area contributed by atoms with Crippen molar-refractivity contribution < 1.29 is 42.2 Å². The second-order valence-corrected chi connectivity index (χ2v) is 1.19. The SMILES string of the molecule is C[CH-]CC(=O)OC.[Y]. The molecule has 0 N–H and O–H groups in total. The summed E-state index contributed by atoms with van der Waals surface area (Å²) in [6.07, 6.45) is 2.17. The average molecular weight is 190 g/mol. The van der Waals surface area contributed by atoms with Crippen LogP contribution in [0.25, 0.3) is 0 Å². The first-order valence-corrected chi connectivity index (χ1v) is 2.16. The third kappa shape index (κ3) is 6.57. The molecular weight excluding hydrogens is 181 g/mol. The molecule has 2 nitrogen and oxygen atoms in total. The van der Waals surface area contributed by atoms with Crippen molar-refractivity contribution in [3.8, 4) is 0 Å². The Balaban J connectivity index is 0. The summed E-state index contributed by atoms with van der Waals surface area (Å²) in [5, 5.41) is 0. The number of carbonyl (C=O) groups excluding carboxylic acids is 1. The molecule has 0 aliphatic heterocycles. The molecule has 0 unspecified atom stereocenters. The van der Waals surface area contributed by atoms with Gasteiger partial charge in [0.2, 0.25) is 0 Å². The first kappa shape index (κ1) is 11.4. The number of rotatable bonds is 2. The fraction of sp³-hybridized carbons (Fsp3) is 0.600. The quantitative estimate of drug-likeness (QED) is 0.474. The van der Waals surface area contributed by atoms with Gasteiger partial charge in [-0.2, -0.15) is 6.92 Å². The molecule has 3 heteroatoms. The fourth-order valence-corrected chi connectivity index (χ4v) is 0.250. The smallest absolute Gasteiger partial charge is 0.275 e. The Morgan fingerprint density at radius 1 is 1.75 bits per heavy atom. The Hall–Kier alpha value is 0.574. The number of hydrogen-bond donors (Lipinski definition) is 0. The summed E-state index contributed by atoms with van der Waals surface area (Å²) >= 11 is 0. The van der Waals surface area contributed by atoms with E-state index in [-0.39, 0.29) is 38.7 Å². The molecule has 0 aromatic carbocycles. The van der Waals surface area contributed by atoms with E-state index >= 15 is 0 Å². The van der Waals surface area contributed by atoms with Crippen molar-refractivity contribution in [2.75, 3.05) is 7.11 Å². The van der Waals surface area contributed by atoms with Gasteiger partial charge in [-0.05, 0) is 0 Å². The van der Waals surface area contributed by atoms with Crippen LogP contribution >= 0.6 is 0 Å². The van der Waals surface area contributed by atoms with Crippen LogP contribution in [0.3, 0.4) is 0 Å². The zero-order valence-electron chi connectivity index (χ0n) is 5.18.